The van der Waals surface area contributed by atoms with Gasteiger partial charge in [0.05, 0.1) is 5.02 Å². The van der Waals surface area contributed by atoms with Crippen molar-refractivity contribution in [2.24, 2.45) is 5.92 Å². The molecular formula is C17H20Cl2N2S. The predicted molar refractivity (Wildman–Crippen MR) is 97.4 cm³/mol. The van der Waals surface area contributed by atoms with Crippen molar-refractivity contribution in [3.8, 4) is 0 Å². The zero-order chi connectivity index (χ0) is 14.2. The van der Waals surface area contributed by atoms with Crippen LogP contribution in [0.15, 0.2) is 35.5 Å². The first-order chi connectivity index (χ1) is 10.3. The van der Waals surface area contributed by atoms with Crippen LogP contribution in [-0.4, -0.2) is 34.8 Å². The molecule has 0 unspecified atom stereocenters. The number of hydrogen-bond donors (Lipinski definition) is 0. The molecule has 2 fully saturated rings. The van der Waals surface area contributed by atoms with Crippen molar-refractivity contribution >= 4 is 46.5 Å². The molecule has 0 N–H and O–H groups in total. The normalized spacial score (nSPS) is 22.0. The lowest BCUT2D eigenvalue weighted by Gasteiger charge is -2.15. The van der Waals surface area contributed by atoms with Crippen LogP contribution in [0.5, 0.6) is 0 Å². The molecular weight excluding hydrogens is 335 g/mol. The lowest BCUT2D eigenvalue weighted by atomic mass is 10.2. The third kappa shape index (κ3) is 3.70. The van der Waals surface area contributed by atoms with Gasteiger partial charge in [-0.1, -0.05) is 11.6 Å². The van der Waals surface area contributed by atoms with Gasteiger partial charge in [-0.05, 0) is 55.3 Å². The maximum atomic E-state index is 6.45. The van der Waals surface area contributed by atoms with E-state index in [2.05, 4.69) is 22.0 Å². The van der Waals surface area contributed by atoms with Crippen molar-refractivity contribution in [2.45, 2.75) is 29.4 Å². The first-order valence-corrected chi connectivity index (χ1v) is 8.96. The molecule has 1 aliphatic carbocycles. The second-order valence-corrected chi connectivity index (χ2v) is 7.99. The van der Waals surface area contributed by atoms with Crippen molar-refractivity contribution in [3.63, 3.8) is 0 Å². The van der Waals surface area contributed by atoms with Gasteiger partial charge in [-0.15, -0.1) is 24.2 Å². The van der Waals surface area contributed by atoms with Gasteiger partial charge in [0.1, 0.15) is 0 Å². The standard InChI is InChI=1S/C17H19ClN2S.ClH/c18-16-7-14-9-19-5-3-13(14)8-17(16)21-15-4-6-20(11-15)10-12-1-2-12;/h3,5,7-9,12,15H,1-2,4,6,10-11H2;1H/t15-;/m0./s1. The molecule has 5 heteroatoms. The van der Waals surface area contributed by atoms with Crippen LogP contribution in [0, 0.1) is 5.92 Å². The van der Waals surface area contributed by atoms with Gasteiger partial charge in [0.15, 0.2) is 0 Å². The van der Waals surface area contributed by atoms with Gasteiger partial charge >= 0.3 is 0 Å². The smallest absolute Gasteiger partial charge is 0.0548 e. The van der Waals surface area contributed by atoms with E-state index >= 15 is 0 Å². The summed E-state index contributed by atoms with van der Waals surface area (Å²) in [5, 5.41) is 3.89. The SMILES string of the molecule is Cl.Clc1cc2cnccc2cc1S[C@H]1CCN(CC2CC2)C1. The van der Waals surface area contributed by atoms with Crippen LogP contribution in [0.2, 0.25) is 5.02 Å². The monoisotopic (exact) mass is 354 g/mol. The number of fused-ring (bicyclic) bond motifs is 1. The first-order valence-electron chi connectivity index (χ1n) is 7.70. The molecule has 1 saturated carbocycles. The Morgan fingerprint density at radius 1 is 1.23 bits per heavy atom. The highest BCUT2D eigenvalue weighted by Crippen LogP contribution is 2.38. The molecule has 0 spiro atoms. The van der Waals surface area contributed by atoms with Crippen LogP contribution in [0.25, 0.3) is 10.8 Å². The van der Waals surface area contributed by atoms with E-state index in [1.807, 2.05) is 30.2 Å². The van der Waals surface area contributed by atoms with E-state index in [0.717, 1.165) is 16.3 Å². The number of likely N-dealkylation sites (tertiary alicyclic amines) is 1. The molecule has 2 aliphatic rings. The Hall–Kier alpha value is -0.480. The van der Waals surface area contributed by atoms with Gasteiger partial charge in [-0.25, -0.2) is 0 Å². The molecule has 1 aromatic carbocycles. The lowest BCUT2D eigenvalue weighted by molar-refractivity contribution is 0.325. The van der Waals surface area contributed by atoms with Crippen molar-refractivity contribution in [3.05, 3.63) is 35.6 Å². The van der Waals surface area contributed by atoms with Crippen molar-refractivity contribution in [1.29, 1.82) is 0 Å². The Kier molecular flexibility index (Phi) is 5.18. The molecule has 1 aromatic heterocycles. The first kappa shape index (κ1) is 16.4. The molecule has 0 bridgehead atoms. The minimum Gasteiger partial charge on any atom is -0.302 e. The van der Waals surface area contributed by atoms with Gasteiger partial charge < -0.3 is 4.90 Å². The Bertz CT molecular complexity index is 660. The van der Waals surface area contributed by atoms with Crippen LogP contribution in [0.4, 0.5) is 0 Å². The fraction of sp³-hybridized carbons (Fsp3) is 0.471. The largest absolute Gasteiger partial charge is 0.302 e. The summed E-state index contributed by atoms with van der Waals surface area (Å²) in [6.45, 7) is 3.78. The Morgan fingerprint density at radius 2 is 2.09 bits per heavy atom. The summed E-state index contributed by atoms with van der Waals surface area (Å²) in [4.78, 5) is 8.01. The fourth-order valence-electron chi connectivity index (χ4n) is 3.08. The molecule has 0 radical (unpaired) electrons. The number of nitrogens with zero attached hydrogens (tertiary/aromatic N) is 2. The topological polar surface area (TPSA) is 16.1 Å². The van der Waals surface area contributed by atoms with Crippen molar-refractivity contribution < 1.29 is 0 Å². The second-order valence-electron chi connectivity index (χ2n) is 6.24. The average Bonchev–Trinajstić information content (AvgIpc) is 3.18. The minimum atomic E-state index is 0. The zero-order valence-corrected chi connectivity index (χ0v) is 14.8. The lowest BCUT2D eigenvalue weighted by Crippen LogP contribution is -2.23. The molecule has 1 atom stereocenters. The maximum absolute atomic E-state index is 6.45. The van der Waals surface area contributed by atoms with Gasteiger partial charge in [-0.3, -0.25) is 4.98 Å². The highest BCUT2D eigenvalue weighted by molar-refractivity contribution is 8.00. The van der Waals surface area contributed by atoms with Gasteiger partial charge in [0.2, 0.25) is 0 Å². The molecule has 2 aromatic rings. The highest BCUT2D eigenvalue weighted by atomic mass is 35.5. The van der Waals surface area contributed by atoms with Crippen LogP contribution >= 0.6 is 35.8 Å². The number of pyridine rings is 1. The average molecular weight is 355 g/mol. The number of hydrogen-bond acceptors (Lipinski definition) is 3. The van der Waals surface area contributed by atoms with Crippen molar-refractivity contribution in [1.82, 2.24) is 9.88 Å². The summed E-state index contributed by atoms with van der Waals surface area (Å²) < 4.78 is 0. The third-order valence-electron chi connectivity index (χ3n) is 4.43. The van der Waals surface area contributed by atoms with E-state index < -0.39 is 0 Å². The third-order valence-corrected chi connectivity index (χ3v) is 6.16. The molecule has 1 aliphatic heterocycles. The van der Waals surface area contributed by atoms with Crippen LogP contribution < -0.4 is 0 Å². The van der Waals surface area contributed by atoms with Gasteiger partial charge in [0.25, 0.3) is 0 Å². The van der Waals surface area contributed by atoms with E-state index in [1.165, 1.54) is 49.2 Å². The van der Waals surface area contributed by atoms with E-state index in [0.29, 0.717) is 5.25 Å². The molecule has 0 amide bonds. The zero-order valence-electron chi connectivity index (χ0n) is 12.4. The van der Waals surface area contributed by atoms with Crippen LogP contribution in [0.1, 0.15) is 19.3 Å². The molecule has 22 heavy (non-hydrogen) atoms. The number of aromatic nitrogens is 1. The number of benzene rings is 1. The predicted octanol–water partition coefficient (Wildman–Crippen LogP) is 4.89. The molecule has 1 saturated heterocycles. The molecule has 118 valence electrons. The maximum Gasteiger partial charge on any atom is 0.0548 e. The quantitative estimate of drug-likeness (QED) is 0.777. The summed E-state index contributed by atoms with van der Waals surface area (Å²) in [6.07, 6.45) is 7.89. The minimum absolute atomic E-state index is 0. The van der Waals surface area contributed by atoms with E-state index in [-0.39, 0.29) is 12.4 Å². The van der Waals surface area contributed by atoms with Gasteiger partial charge in [0, 0.05) is 41.0 Å². The summed E-state index contributed by atoms with van der Waals surface area (Å²) in [5.41, 5.74) is 0. The Balaban J connectivity index is 0.00000144. The number of thioether (sulfide) groups is 1. The summed E-state index contributed by atoms with van der Waals surface area (Å²) in [7, 11) is 0. The number of rotatable bonds is 4. The molecule has 2 heterocycles. The van der Waals surface area contributed by atoms with E-state index in [1.54, 1.807) is 0 Å². The Morgan fingerprint density at radius 3 is 2.91 bits per heavy atom. The summed E-state index contributed by atoms with van der Waals surface area (Å²) in [5.74, 6) is 0.991. The van der Waals surface area contributed by atoms with Gasteiger partial charge in [-0.2, -0.15) is 0 Å². The van der Waals surface area contributed by atoms with E-state index in [4.69, 9.17) is 11.6 Å². The summed E-state index contributed by atoms with van der Waals surface area (Å²) in [6, 6.07) is 6.32. The summed E-state index contributed by atoms with van der Waals surface area (Å²) >= 11 is 8.40. The van der Waals surface area contributed by atoms with Crippen molar-refractivity contribution in [2.75, 3.05) is 19.6 Å². The second kappa shape index (κ2) is 6.96. The molecule has 4 rings (SSSR count). The van der Waals surface area contributed by atoms with E-state index in [9.17, 15) is 0 Å². The highest BCUT2D eigenvalue weighted by Gasteiger charge is 2.29. The Labute approximate surface area is 147 Å². The fourth-order valence-corrected chi connectivity index (χ4v) is 4.62. The van der Waals surface area contributed by atoms with Crippen LogP contribution in [-0.2, 0) is 0 Å². The van der Waals surface area contributed by atoms with Crippen LogP contribution in [0.3, 0.4) is 0 Å². The molecule has 2 nitrogen and oxygen atoms in total. The number of halogens is 2.